The Morgan fingerprint density at radius 2 is 1.52 bits per heavy atom. The topological polar surface area (TPSA) is 241 Å². The van der Waals surface area contributed by atoms with Crippen molar-refractivity contribution in [1.29, 1.82) is 0 Å². The van der Waals surface area contributed by atoms with Crippen LogP contribution in [0.5, 0.6) is 0 Å². The van der Waals surface area contributed by atoms with Crippen LogP contribution in [0, 0.1) is 0 Å². The number of aliphatic hydroxyl groups excluding tert-OH is 4. The number of hydrogen-bond acceptors (Lipinski definition) is 8. The molecule has 1 unspecified atom stereocenters. The molecule has 10 N–H and O–H groups in total. The number of carboxylic acid groups (broad SMARTS) is 2. The number of ether oxygens (including phenoxy) is 2. The fourth-order valence-electron chi connectivity index (χ4n) is 1.83. The minimum atomic E-state index is -2.60. The van der Waals surface area contributed by atoms with Gasteiger partial charge in [-0.2, -0.15) is 0 Å². The van der Waals surface area contributed by atoms with Crippen molar-refractivity contribution in [3.63, 3.8) is 0 Å². The van der Waals surface area contributed by atoms with Gasteiger partial charge < -0.3 is 52.4 Å². The maximum atomic E-state index is 10.8. The Labute approximate surface area is 162 Å². The molecule has 152 valence electrons. The van der Waals surface area contributed by atoms with Crippen molar-refractivity contribution in [3.05, 3.63) is 12.3 Å². The summed E-state index contributed by atoms with van der Waals surface area (Å²) >= 11 is 5.46. The van der Waals surface area contributed by atoms with Gasteiger partial charge in [0.15, 0.2) is 6.29 Å². The summed E-state index contributed by atoms with van der Waals surface area (Å²) in [6.07, 6.45) is -8.21. The third kappa shape index (κ3) is 6.68. The Bertz CT molecular complexity index is 416. The average Bonchev–Trinajstić information content (AvgIpc) is 2.46. The van der Waals surface area contributed by atoms with Crippen molar-refractivity contribution < 1.29 is 70.8 Å². The van der Waals surface area contributed by atoms with Gasteiger partial charge >= 0.3 is 33.0 Å². The van der Waals surface area contributed by atoms with Gasteiger partial charge in [-0.1, -0.05) is 11.6 Å². The van der Waals surface area contributed by atoms with Gasteiger partial charge in [-0.3, -0.25) is 0 Å². The zero-order valence-corrected chi connectivity index (χ0v) is 15.7. The summed E-state index contributed by atoms with van der Waals surface area (Å²) in [6, 6.07) is 0. The molecule has 0 bridgehead atoms. The molecule has 1 heterocycles. The predicted molar refractivity (Wildman–Crippen MR) is 78.8 cm³/mol. The molecule has 1 fully saturated rings. The molecule has 0 amide bonds. The molecule has 5 atom stereocenters. The molecule has 25 heavy (non-hydrogen) atoms. The smallest absolute Gasteiger partial charge is 0.693 e. The SMILES string of the molecule is O=C(O)C(Cl)(CCOC1O[C@H](CO)[C@@H](O)[C@H](O)[C@H]1O)C(=O)O.[NH2-].[NH2-].[Pt+2]. The molecule has 14 heteroatoms. The zero-order valence-electron chi connectivity index (χ0n) is 12.7. The number of carbonyl (C=O) groups is 2. The maximum absolute atomic E-state index is 10.8. The van der Waals surface area contributed by atoms with Crippen molar-refractivity contribution in [2.75, 3.05) is 13.2 Å². The van der Waals surface area contributed by atoms with Crippen molar-refractivity contribution in [1.82, 2.24) is 0 Å². The first-order valence-corrected chi connectivity index (χ1v) is 6.60. The number of rotatable bonds is 7. The van der Waals surface area contributed by atoms with Gasteiger partial charge in [0.2, 0.25) is 4.87 Å². The summed E-state index contributed by atoms with van der Waals surface area (Å²) in [6.45, 7) is -1.18. The molecule has 0 aromatic heterocycles. The standard InChI is InChI=1S/C11H17ClO10.2H2N.Pt/c12-11(9(17)18,10(19)20)1-2-21-8-7(16)6(15)5(14)4(3-13)22-8;;;/h4-8,13-16H,1-3H2,(H,17,18)(H,19,20);2*1H2;/q;2*-1;+2/t4-,5-,6+,7-,8?;;;/m1.../s1. The van der Waals surface area contributed by atoms with E-state index in [1.165, 1.54) is 0 Å². The van der Waals surface area contributed by atoms with E-state index in [4.69, 9.17) is 36.4 Å². The average molecular weight is 572 g/mol. The summed E-state index contributed by atoms with van der Waals surface area (Å²) in [5.74, 6) is -3.56. The molecule has 1 aliphatic rings. The van der Waals surface area contributed by atoms with Gasteiger partial charge in [0.1, 0.15) is 24.4 Å². The molecular weight excluding hydrogens is 551 g/mol. The molecule has 0 saturated carbocycles. The first-order valence-electron chi connectivity index (χ1n) is 6.23. The Hall–Kier alpha value is -0.402. The second-order valence-electron chi connectivity index (χ2n) is 4.73. The van der Waals surface area contributed by atoms with Crippen LogP contribution in [0.2, 0.25) is 0 Å². The van der Waals surface area contributed by atoms with E-state index in [0.717, 1.165) is 0 Å². The number of aliphatic carboxylic acids is 2. The van der Waals surface area contributed by atoms with E-state index in [1.54, 1.807) is 0 Å². The van der Waals surface area contributed by atoms with Crippen LogP contribution in [0.3, 0.4) is 0 Å². The first kappa shape index (κ1) is 29.4. The molecule has 0 radical (unpaired) electrons. The van der Waals surface area contributed by atoms with Gasteiger partial charge in [-0.25, -0.2) is 9.59 Å². The Kier molecular flexibility index (Phi) is 14.2. The monoisotopic (exact) mass is 571 g/mol. The fraction of sp³-hybridized carbons (Fsp3) is 0.818. The van der Waals surface area contributed by atoms with Gasteiger partial charge in [0.25, 0.3) is 0 Å². The van der Waals surface area contributed by atoms with Crippen molar-refractivity contribution in [2.45, 2.75) is 42.0 Å². The molecule has 1 rings (SSSR count). The van der Waals surface area contributed by atoms with Crippen molar-refractivity contribution >= 4 is 23.5 Å². The van der Waals surface area contributed by atoms with Crippen LogP contribution in [0.4, 0.5) is 0 Å². The van der Waals surface area contributed by atoms with E-state index >= 15 is 0 Å². The molecule has 0 aromatic rings. The Balaban J connectivity index is -0.00000161. The van der Waals surface area contributed by atoms with Crippen molar-refractivity contribution in [3.8, 4) is 0 Å². The van der Waals surface area contributed by atoms with E-state index in [2.05, 4.69) is 0 Å². The molecule has 1 saturated heterocycles. The normalized spacial score (nSPS) is 28.8. The number of halogens is 1. The van der Waals surface area contributed by atoms with E-state index in [0.29, 0.717) is 0 Å². The van der Waals surface area contributed by atoms with Crippen LogP contribution < -0.4 is 0 Å². The van der Waals surface area contributed by atoms with Crippen LogP contribution in [0.1, 0.15) is 6.42 Å². The first-order chi connectivity index (χ1) is 10.1. The molecule has 12 nitrogen and oxygen atoms in total. The third-order valence-corrected chi connectivity index (χ3v) is 3.77. The second-order valence-corrected chi connectivity index (χ2v) is 5.37. The molecule has 0 aliphatic carbocycles. The van der Waals surface area contributed by atoms with Crippen LogP contribution >= 0.6 is 11.6 Å². The van der Waals surface area contributed by atoms with E-state index in [-0.39, 0.29) is 33.4 Å². The number of nitrogens with two attached hydrogens (primary N) is 2. The summed E-state index contributed by atoms with van der Waals surface area (Å²) in [5.41, 5.74) is 0. The van der Waals surface area contributed by atoms with Crippen LogP contribution in [-0.2, 0) is 40.1 Å². The largest absolute Gasteiger partial charge is 2.00 e. The quantitative estimate of drug-likeness (QED) is 0.157. The summed E-state index contributed by atoms with van der Waals surface area (Å²) < 4.78 is 9.97. The predicted octanol–water partition coefficient (Wildman–Crippen LogP) is -1.23. The minimum absolute atomic E-state index is 0. The number of alkyl halides is 1. The second kappa shape index (κ2) is 12.1. The van der Waals surface area contributed by atoms with E-state index < -0.39 is 67.2 Å². The van der Waals surface area contributed by atoms with E-state index in [1.807, 2.05) is 0 Å². The van der Waals surface area contributed by atoms with Gasteiger partial charge in [0.05, 0.1) is 13.2 Å². The number of hydrogen-bond donors (Lipinski definition) is 6. The minimum Gasteiger partial charge on any atom is -0.693 e. The summed E-state index contributed by atoms with van der Waals surface area (Å²) in [7, 11) is 0. The molecular formula is C11H21ClN2O10Pt. The molecule has 0 aromatic carbocycles. The maximum Gasteiger partial charge on any atom is 2.00 e. The number of carboxylic acids is 2. The Morgan fingerprint density at radius 1 is 1.04 bits per heavy atom. The van der Waals surface area contributed by atoms with Gasteiger partial charge in [-0.15, -0.1) is 0 Å². The van der Waals surface area contributed by atoms with Gasteiger partial charge in [0, 0.05) is 6.42 Å². The van der Waals surface area contributed by atoms with E-state index in [9.17, 15) is 24.9 Å². The summed E-state index contributed by atoms with van der Waals surface area (Å²) in [5, 5.41) is 55.3. The van der Waals surface area contributed by atoms with Crippen LogP contribution in [0.25, 0.3) is 12.3 Å². The van der Waals surface area contributed by atoms with Gasteiger partial charge in [-0.05, 0) is 0 Å². The Morgan fingerprint density at radius 3 is 1.92 bits per heavy atom. The van der Waals surface area contributed by atoms with Crippen LogP contribution in [-0.4, -0.2) is 91.4 Å². The fourth-order valence-corrected chi connectivity index (χ4v) is 1.90. The van der Waals surface area contributed by atoms with Crippen LogP contribution in [0.15, 0.2) is 0 Å². The third-order valence-electron chi connectivity index (χ3n) is 3.26. The molecule has 0 spiro atoms. The van der Waals surface area contributed by atoms with Crippen molar-refractivity contribution in [2.24, 2.45) is 0 Å². The molecule has 1 aliphatic heterocycles. The number of aliphatic hydroxyl groups is 4. The summed E-state index contributed by atoms with van der Waals surface area (Å²) in [4.78, 5) is 19.1. The zero-order chi connectivity index (χ0) is 17.1.